The van der Waals surface area contributed by atoms with Crippen molar-refractivity contribution >= 4 is 45.1 Å². The van der Waals surface area contributed by atoms with Crippen LogP contribution in [0.25, 0.3) is 0 Å². The third-order valence-electron chi connectivity index (χ3n) is 3.20. The van der Waals surface area contributed by atoms with Crippen LogP contribution in [0.15, 0.2) is 15.3 Å². The van der Waals surface area contributed by atoms with Crippen molar-refractivity contribution in [1.82, 2.24) is 14.6 Å². The van der Waals surface area contributed by atoms with E-state index in [0.717, 1.165) is 25.6 Å². The molecule has 0 saturated carbocycles. The number of nitrogens with one attached hydrogen (secondary N) is 2. The number of oxime groups is 1. The molecule has 2 atom stereocenters. The van der Waals surface area contributed by atoms with Crippen LogP contribution in [-0.2, 0) is 34.3 Å². The van der Waals surface area contributed by atoms with Crippen molar-refractivity contribution < 1.29 is 66.5 Å². The fourth-order valence-electron chi connectivity index (χ4n) is 2.12. The fraction of sp³-hybridized carbons (Fsp3) is 0.364. The Balaban J connectivity index is 0.00000364. The molecule has 1 aromatic rings. The van der Waals surface area contributed by atoms with E-state index in [1.165, 1.54) is 5.38 Å². The van der Waals surface area contributed by atoms with Crippen molar-refractivity contribution in [3.05, 3.63) is 20.7 Å². The molecule has 0 bridgehead atoms. The van der Waals surface area contributed by atoms with Gasteiger partial charge < -0.3 is 24.4 Å². The van der Waals surface area contributed by atoms with E-state index in [2.05, 4.69) is 25.0 Å². The Labute approximate surface area is 177 Å². The van der Waals surface area contributed by atoms with Gasteiger partial charge in [0.25, 0.3) is 11.8 Å². The number of aromatic amines is 1. The van der Waals surface area contributed by atoms with Gasteiger partial charge in [-0.25, -0.2) is 17.5 Å². The first-order chi connectivity index (χ1) is 12.1. The fourth-order valence-corrected chi connectivity index (χ4v) is 3.50. The van der Waals surface area contributed by atoms with Gasteiger partial charge in [-0.1, -0.05) is 16.5 Å². The van der Waals surface area contributed by atoms with Crippen LogP contribution in [0.3, 0.4) is 0 Å². The predicted octanol–water partition coefficient (Wildman–Crippen LogP) is -5.88. The van der Waals surface area contributed by atoms with Crippen LogP contribution < -0.4 is 39.7 Å². The van der Waals surface area contributed by atoms with E-state index >= 15 is 0 Å². The van der Waals surface area contributed by atoms with E-state index in [1.807, 2.05) is 0 Å². The van der Waals surface area contributed by atoms with Gasteiger partial charge in [0.15, 0.2) is 22.1 Å². The summed E-state index contributed by atoms with van der Waals surface area (Å²) in [5.41, 5.74) is -0.472. The molecule has 1 fully saturated rings. The second-order valence-electron chi connectivity index (χ2n) is 4.70. The maximum Gasteiger partial charge on any atom is 1.00 e. The van der Waals surface area contributed by atoms with E-state index in [1.54, 1.807) is 0 Å². The molecule has 1 aliphatic rings. The average molecular weight is 430 g/mol. The van der Waals surface area contributed by atoms with Gasteiger partial charge in [-0.05, 0) is 0 Å². The SMILES string of the molecule is CON=C(C(=O)N[C@@H]1C(=O)N(S(=O)(=O)[O-])[C@@H]1C(=O)OC)c1csc(=O)[nH]1.[Na+]. The first-order valence-corrected chi connectivity index (χ1v) is 8.83. The second kappa shape index (κ2) is 8.94. The van der Waals surface area contributed by atoms with Gasteiger partial charge in [-0.2, -0.15) is 0 Å². The van der Waals surface area contributed by atoms with Gasteiger partial charge in [0.1, 0.15) is 13.2 Å². The molecular weight excluding hydrogens is 419 g/mol. The first-order valence-electron chi connectivity index (χ1n) is 6.59. The maximum absolute atomic E-state index is 12.3. The number of methoxy groups -OCH3 is 1. The Hall–Kier alpha value is -1.78. The zero-order valence-corrected chi connectivity index (χ0v) is 17.8. The number of nitrogens with zero attached hydrogens (tertiary/aromatic N) is 2. The van der Waals surface area contributed by atoms with Gasteiger partial charge in [-0.15, -0.1) is 0 Å². The number of carbonyl (C=O) groups is 3. The predicted molar refractivity (Wildman–Crippen MR) is 82.8 cm³/mol. The van der Waals surface area contributed by atoms with Gasteiger partial charge in [0.2, 0.25) is 0 Å². The van der Waals surface area contributed by atoms with E-state index < -0.39 is 50.8 Å². The standard InChI is InChI=1S/C11H12N4O9S2.Na/c1-23-10(18)7-6(9(17)15(7)26(20,21)22)13-8(16)5(14-24-2)4-3-25-11(19)12-4;/h3,6-7H,1-2H3,(H,12,19)(H,13,16)(H,20,21,22);/q;+1/p-1/t6-,7-;/m0./s1. The van der Waals surface area contributed by atoms with Crippen molar-refractivity contribution in [2.75, 3.05) is 14.2 Å². The molecule has 27 heavy (non-hydrogen) atoms. The molecule has 16 heteroatoms. The summed E-state index contributed by atoms with van der Waals surface area (Å²) in [6.45, 7) is 0. The van der Waals surface area contributed by atoms with Gasteiger partial charge in [0.05, 0.1) is 12.8 Å². The van der Waals surface area contributed by atoms with Gasteiger partial charge in [-0.3, -0.25) is 14.4 Å². The van der Waals surface area contributed by atoms with E-state index in [9.17, 15) is 32.1 Å². The van der Waals surface area contributed by atoms with Crippen LogP contribution in [0.5, 0.6) is 0 Å². The molecule has 2 heterocycles. The molecule has 0 aromatic carbocycles. The van der Waals surface area contributed by atoms with Crippen molar-refractivity contribution in [1.29, 1.82) is 0 Å². The molecule has 0 aliphatic carbocycles. The quantitative estimate of drug-likeness (QED) is 0.111. The normalized spacial score (nSPS) is 19.6. The summed E-state index contributed by atoms with van der Waals surface area (Å²) in [6, 6.07) is -3.53. The Morgan fingerprint density at radius 1 is 1.37 bits per heavy atom. The number of ether oxygens (including phenoxy) is 1. The minimum absolute atomic E-state index is 0. The molecular formula is C11H11N4NaO9S2. The minimum atomic E-state index is -5.29. The minimum Gasteiger partial charge on any atom is -0.731 e. The first kappa shape index (κ1) is 23.3. The van der Waals surface area contributed by atoms with Crippen molar-refractivity contribution in [2.24, 2.45) is 5.16 Å². The third kappa shape index (κ3) is 4.74. The molecule has 1 aliphatic heterocycles. The molecule has 2 amide bonds. The number of thiazole rings is 1. The third-order valence-corrected chi connectivity index (χ3v) is 4.75. The monoisotopic (exact) mass is 430 g/mol. The van der Waals surface area contributed by atoms with Crippen molar-refractivity contribution in [2.45, 2.75) is 12.1 Å². The molecule has 2 N–H and O–H groups in total. The summed E-state index contributed by atoms with van der Waals surface area (Å²) < 4.78 is 37.4. The summed E-state index contributed by atoms with van der Waals surface area (Å²) in [4.78, 5) is 53.4. The zero-order valence-electron chi connectivity index (χ0n) is 14.1. The smallest absolute Gasteiger partial charge is 0.731 e. The van der Waals surface area contributed by atoms with E-state index in [4.69, 9.17) is 0 Å². The molecule has 2 rings (SSSR count). The zero-order chi connectivity index (χ0) is 19.6. The largest absolute Gasteiger partial charge is 1.00 e. The molecule has 0 spiro atoms. The second-order valence-corrected chi connectivity index (χ2v) is 6.79. The average Bonchev–Trinajstić information content (AvgIpc) is 2.98. The Bertz CT molecular complexity index is 938. The molecule has 13 nitrogen and oxygen atoms in total. The number of hydrogen-bond acceptors (Lipinski definition) is 11. The molecule has 0 unspecified atom stereocenters. The number of amides is 2. The van der Waals surface area contributed by atoms with E-state index in [0.29, 0.717) is 0 Å². The Morgan fingerprint density at radius 2 is 2.00 bits per heavy atom. The van der Waals surface area contributed by atoms with Crippen LogP contribution in [0.2, 0.25) is 0 Å². The van der Waals surface area contributed by atoms with Crippen LogP contribution in [-0.4, -0.2) is 72.1 Å². The van der Waals surface area contributed by atoms with Crippen LogP contribution in [0.1, 0.15) is 5.69 Å². The summed E-state index contributed by atoms with van der Waals surface area (Å²) >= 11 is 0.731. The summed E-state index contributed by atoms with van der Waals surface area (Å²) in [6.07, 6.45) is 0. The maximum atomic E-state index is 12.3. The molecule has 142 valence electrons. The van der Waals surface area contributed by atoms with Crippen molar-refractivity contribution in [3.8, 4) is 0 Å². The van der Waals surface area contributed by atoms with Gasteiger partial charge >= 0.3 is 40.4 Å². The Morgan fingerprint density at radius 3 is 2.44 bits per heavy atom. The number of β-lactam (4-membered cyclic amide) rings is 1. The molecule has 1 aromatic heterocycles. The van der Waals surface area contributed by atoms with Crippen molar-refractivity contribution in [3.63, 3.8) is 0 Å². The summed E-state index contributed by atoms with van der Waals surface area (Å²) in [7, 11) is -3.26. The number of H-pyrrole nitrogens is 1. The molecule has 1 saturated heterocycles. The number of carbonyl (C=O) groups excluding carboxylic acids is 3. The topological polar surface area (TPSA) is 187 Å². The number of hydrogen-bond donors (Lipinski definition) is 2. The Kier molecular flexibility index (Phi) is 7.70. The summed E-state index contributed by atoms with van der Waals surface area (Å²) in [5.74, 6) is -3.60. The number of aromatic nitrogens is 1. The van der Waals surface area contributed by atoms with Crippen LogP contribution in [0, 0.1) is 0 Å². The summed E-state index contributed by atoms with van der Waals surface area (Å²) in [5, 5.41) is 6.74. The molecule has 0 radical (unpaired) electrons. The van der Waals surface area contributed by atoms with E-state index in [-0.39, 0.29) is 39.6 Å². The number of rotatable bonds is 6. The van der Waals surface area contributed by atoms with Crippen LogP contribution in [0.4, 0.5) is 0 Å². The van der Waals surface area contributed by atoms with Crippen LogP contribution >= 0.6 is 11.3 Å². The number of esters is 1. The van der Waals surface area contributed by atoms with Gasteiger partial charge in [0, 0.05) is 5.38 Å².